The molecule has 2 amide bonds. The second-order valence-corrected chi connectivity index (χ2v) is 8.12. The summed E-state index contributed by atoms with van der Waals surface area (Å²) >= 11 is 0. The first-order valence-electron chi connectivity index (χ1n) is 10.0. The number of rotatable bonds is 1. The number of piperidine rings is 1. The largest absolute Gasteiger partial charge is 0.334 e. The van der Waals surface area contributed by atoms with Gasteiger partial charge in [0.05, 0.1) is 30.5 Å². The molecule has 0 aliphatic carbocycles. The van der Waals surface area contributed by atoms with Gasteiger partial charge in [-0.15, -0.1) is 0 Å². The molecule has 138 valence electrons. The fourth-order valence-electron chi connectivity index (χ4n) is 5.13. The van der Waals surface area contributed by atoms with Crippen molar-refractivity contribution in [1.82, 2.24) is 5.32 Å². The lowest BCUT2D eigenvalue weighted by atomic mass is 9.98. The summed E-state index contributed by atoms with van der Waals surface area (Å²) in [5, 5.41) is 3.37. The van der Waals surface area contributed by atoms with Crippen LogP contribution in [0.15, 0.2) is 48.5 Å². The van der Waals surface area contributed by atoms with Gasteiger partial charge in [0.1, 0.15) is 0 Å². The number of para-hydroxylation sites is 2. The number of amides is 2. The molecule has 2 aromatic rings. The van der Waals surface area contributed by atoms with Crippen molar-refractivity contribution in [3.05, 3.63) is 59.7 Å². The van der Waals surface area contributed by atoms with E-state index in [1.54, 1.807) is 4.90 Å². The Balaban J connectivity index is 1.47. The van der Waals surface area contributed by atoms with Gasteiger partial charge in [-0.2, -0.15) is 0 Å². The van der Waals surface area contributed by atoms with E-state index in [1.807, 2.05) is 41.3 Å². The smallest absolute Gasteiger partial charge is 0.326 e. The van der Waals surface area contributed by atoms with E-state index in [9.17, 15) is 4.79 Å². The number of anilines is 2. The average Bonchev–Trinajstić information content (AvgIpc) is 2.87. The summed E-state index contributed by atoms with van der Waals surface area (Å²) in [6, 6.07) is 17.9. The van der Waals surface area contributed by atoms with Gasteiger partial charge in [-0.3, -0.25) is 4.90 Å². The molecular weight excluding hydrogens is 334 g/mol. The van der Waals surface area contributed by atoms with Gasteiger partial charge in [0.2, 0.25) is 0 Å². The highest BCUT2D eigenvalue weighted by Crippen LogP contribution is 2.36. The van der Waals surface area contributed by atoms with Crippen molar-refractivity contribution in [3.63, 3.8) is 0 Å². The van der Waals surface area contributed by atoms with E-state index in [2.05, 4.69) is 36.6 Å². The predicted molar refractivity (Wildman–Crippen MR) is 109 cm³/mol. The molecule has 2 saturated heterocycles. The van der Waals surface area contributed by atoms with Crippen LogP contribution < -0.4 is 15.1 Å². The van der Waals surface area contributed by atoms with E-state index in [4.69, 9.17) is 0 Å². The summed E-state index contributed by atoms with van der Waals surface area (Å²) in [6.45, 7) is 0. The van der Waals surface area contributed by atoms with Crippen LogP contribution in [0.3, 0.4) is 0 Å². The summed E-state index contributed by atoms with van der Waals surface area (Å²) in [6.07, 6.45) is 8.96. The van der Waals surface area contributed by atoms with E-state index in [-0.39, 0.29) is 12.1 Å². The second-order valence-electron chi connectivity index (χ2n) is 8.12. The summed E-state index contributed by atoms with van der Waals surface area (Å²) in [7, 11) is 2.31. The predicted octanol–water partition coefficient (Wildman–Crippen LogP) is 3.23. The zero-order chi connectivity index (χ0) is 18.4. The lowest BCUT2D eigenvalue weighted by Gasteiger charge is -2.35. The molecule has 2 unspecified atom stereocenters. The summed E-state index contributed by atoms with van der Waals surface area (Å²) in [5.41, 5.74) is 4.02. The van der Waals surface area contributed by atoms with Crippen LogP contribution in [0.1, 0.15) is 36.8 Å². The molecule has 0 spiro atoms. The molecule has 2 aromatic carbocycles. The highest BCUT2D eigenvalue weighted by molar-refractivity contribution is 6.05. The highest BCUT2D eigenvalue weighted by Gasteiger charge is 2.43. The van der Waals surface area contributed by atoms with Gasteiger partial charge in [0.25, 0.3) is 0 Å². The van der Waals surface area contributed by atoms with Gasteiger partial charge in [0, 0.05) is 31.7 Å². The first kappa shape index (κ1) is 16.6. The number of hydrogen-bond donors (Lipinski definition) is 2. The van der Waals surface area contributed by atoms with E-state index in [1.165, 1.54) is 12.8 Å². The monoisotopic (exact) mass is 360 g/mol. The van der Waals surface area contributed by atoms with Crippen LogP contribution in [0.25, 0.3) is 12.2 Å². The minimum Gasteiger partial charge on any atom is -0.334 e. The van der Waals surface area contributed by atoms with Gasteiger partial charge in [-0.1, -0.05) is 48.6 Å². The summed E-state index contributed by atoms with van der Waals surface area (Å²) < 4.78 is 0. The normalized spacial score (nSPS) is 28.3. The molecule has 4 heteroatoms. The highest BCUT2D eigenvalue weighted by atomic mass is 16.2. The van der Waals surface area contributed by atoms with Crippen molar-refractivity contribution in [2.45, 2.75) is 43.8 Å². The van der Waals surface area contributed by atoms with Gasteiger partial charge in [-0.05, 0) is 23.3 Å². The number of fused-ring (bicyclic) bond motifs is 4. The zero-order valence-electron chi connectivity index (χ0n) is 15.7. The van der Waals surface area contributed by atoms with Crippen molar-refractivity contribution in [2.24, 2.45) is 0 Å². The fourth-order valence-corrected chi connectivity index (χ4v) is 5.13. The van der Waals surface area contributed by atoms with Gasteiger partial charge < -0.3 is 10.2 Å². The van der Waals surface area contributed by atoms with Crippen LogP contribution in [-0.2, 0) is 0 Å². The lowest BCUT2D eigenvalue weighted by molar-refractivity contribution is -0.922. The zero-order valence-corrected chi connectivity index (χ0v) is 15.7. The van der Waals surface area contributed by atoms with Crippen LogP contribution in [0, 0.1) is 0 Å². The Morgan fingerprint density at radius 3 is 2.00 bits per heavy atom. The molecule has 2 fully saturated rings. The van der Waals surface area contributed by atoms with Crippen LogP contribution >= 0.6 is 0 Å². The van der Waals surface area contributed by atoms with Crippen molar-refractivity contribution in [3.8, 4) is 0 Å². The number of hydrogen-bond acceptors (Lipinski definition) is 1. The number of urea groups is 1. The molecule has 2 N–H and O–H groups in total. The number of carbonyl (C=O) groups excluding carboxylic acids is 1. The molecule has 0 saturated carbocycles. The van der Waals surface area contributed by atoms with Crippen LogP contribution in [0.2, 0.25) is 0 Å². The number of nitrogens with one attached hydrogen (secondary N) is 2. The average molecular weight is 360 g/mol. The Morgan fingerprint density at radius 1 is 0.926 bits per heavy atom. The van der Waals surface area contributed by atoms with E-state index in [0.717, 1.165) is 35.3 Å². The fraction of sp³-hybridized carbons (Fsp3) is 0.348. The van der Waals surface area contributed by atoms with Crippen molar-refractivity contribution in [2.75, 3.05) is 11.9 Å². The third-order valence-electron chi connectivity index (χ3n) is 6.62. The Kier molecular flexibility index (Phi) is 4.01. The number of quaternary nitrogens is 1. The third-order valence-corrected chi connectivity index (χ3v) is 6.62. The van der Waals surface area contributed by atoms with Gasteiger partial charge >= 0.3 is 6.03 Å². The maximum absolute atomic E-state index is 13.4. The Morgan fingerprint density at radius 2 is 1.44 bits per heavy atom. The summed E-state index contributed by atoms with van der Waals surface area (Å²) in [4.78, 5) is 17.0. The van der Waals surface area contributed by atoms with Crippen molar-refractivity contribution < 1.29 is 9.69 Å². The van der Waals surface area contributed by atoms with Crippen LogP contribution in [-0.4, -0.2) is 31.2 Å². The SMILES string of the molecule is C[NH+]1C2CCC1CC(NC(=O)N1c3ccccc3C=Cc3ccccc31)C2. The van der Waals surface area contributed by atoms with Gasteiger partial charge in [-0.25, -0.2) is 4.79 Å². The molecule has 3 aliphatic heterocycles. The number of nitrogens with zero attached hydrogens (tertiary/aromatic N) is 1. The minimum atomic E-state index is -0.0115. The molecule has 0 aromatic heterocycles. The molecule has 2 atom stereocenters. The topological polar surface area (TPSA) is 36.8 Å². The quantitative estimate of drug-likeness (QED) is 0.805. The number of carbonyl (C=O) groups is 1. The Labute approximate surface area is 160 Å². The molecule has 0 radical (unpaired) electrons. The van der Waals surface area contributed by atoms with E-state index >= 15 is 0 Å². The van der Waals surface area contributed by atoms with Crippen molar-refractivity contribution in [1.29, 1.82) is 0 Å². The van der Waals surface area contributed by atoms with E-state index in [0.29, 0.717) is 12.1 Å². The lowest BCUT2D eigenvalue weighted by Crippen LogP contribution is -3.15. The molecular formula is C23H26N3O+. The molecule has 27 heavy (non-hydrogen) atoms. The third kappa shape index (κ3) is 2.85. The molecule has 3 heterocycles. The first-order chi connectivity index (χ1) is 13.2. The van der Waals surface area contributed by atoms with Crippen LogP contribution in [0.5, 0.6) is 0 Å². The first-order valence-corrected chi connectivity index (χ1v) is 10.0. The maximum atomic E-state index is 13.4. The molecule has 5 rings (SSSR count). The van der Waals surface area contributed by atoms with Crippen molar-refractivity contribution >= 4 is 29.6 Å². The molecule has 2 bridgehead atoms. The van der Waals surface area contributed by atoms with E-state index < -0.39 is 0 Å². The van der Waals surface area contributed by atoms with Gasteiger partial charge in [0.15, 0.2) is 0 Å². The van der Waals surface area contributed by atoms with Crippen LogP contribution in [0.4, 0.5) is 16.2 Å². The Bertz CT molecular complexity index is 843. The standard InChI is InChI=1S/C23H25N3O/c1-25-19-12-13-20(25)15-18(14-19)24-23(27)26-21-8-4-2-6-16(21)10-11-17-7-3-5-9-22(17)26/h2-11,18-20H,12-15H2,1H3,(H,24,27)/p+1. The Hall–Kier alpha value is -2.59. The number of benzene rings is 2. The second kappa shape index (κ2) is 6.54. The maximum Gasteiger partial charge on any atom is 0.326 e. The molecule has 4 nitrogen and oxygen atoms in total. The summed E-state index contributed by atoms with van der Waals surface area (Å²) in [5.74, 6) is 0. The minimum absolute atomic E-state index is 0.0115. The molecule has 3 aliphatic rings.